The molecule has 1 aliphatic rings. The summed E-state index contributed by atoms with van der Waals surface area (Å²) in [5.41, 5.74) is 12.6. The summed E-state index contributed by atoms with van der Waals surface area (Å²) in [4.78, 5) is 15.3. The van der Waals surface area contributed by atoms with E-state index in [4.69, 9.17) is 15.0 Å². The van der Waals surface area contributed by atoms with Crippen molar-refractivity contribution in [2.45, 2.75) is 0 Å². The van der Waals surface area contributed by atoms with Gasteiger partial charge in [-0.15, -0.1) is 0 Å². The first-order valence-electron chi connectivity index (χ1n) is 17.0. The summed E-state index contributed by atoms with van der Waals surface area (Å²) in [5.74, 6) is 1.94. The monoisotopic (exact) mass is 635 g/mol. The SMILES string of the molecule is c1ccc(-c2nc(-c3ccccc3)nc(-c3cc4ccccc4cc3-c3ccccc3-c3ccc4c5c(cccc35)-c3ccccc3-4)n2)cc1. The first-order chi connectivity index (χ1) is 24.8. The average Bonchev–Trinajstić information content (AvgIpc) is 3.53. The fraction of sp³-hybridized carbons (Fsp3) is 0. The van der Waals surface area contributed by atoms with Crippen LogP contribution in [-0.4, -0.2) is 15.0 Å². The van der Waals surface area contributed by atoms with Crippen molar-refractivity contribution >= 4 is 21.5 Å². The standard InChI is InChI=1S/C47H29N3/c1-3-14-30(15-4-1)45-48-46(31-16-5-2-6-17-31)50-47(49-45)43-29-33-19-8-7-18-32(33)28-42(43)37-23-12-9-20-34(37)38-26-27-41-36-22-11-10-21-35(36)39-24-13-25-40(38)44(39)41/h1-29H. The summed E-state index contributed by atoms with van der Waals surface area (Å²) in [7, 11) is 0. The summed E-state index contributed by atoms with van der Waals surface area (Å²) < 4.78 is 0. The molecule has 0 radical (unpaired) electrons. The predicted octanol–water partition coefficient (Wildman–Crippen LogP) is 12.2. The molecule has 0 N–H and O–H groups in total. The normalized spacial score (nSPS) is 11.6. The highest BCUT2D eigenvalue weighted by atomic mass is 15.0. The third kappa shape index (κ3) is 4.56. The summed E-state index contributed by atoms with van der Waals surface area (Å²) >= 11 is 0. The van der Waals surface area contributed by atoms with Gasteiger partial charge in [-0.2, -0.15) is 0 Å². The van der Waals surface area contributed by atoms with E-state index >= 15 is 0 Å². The molecule has 50 heavy (non-hydrogen) atoms. The number of hydrogen-bond acceptors (Lipinski definition) is 3. The second-order valence-corrected chi connectivity index (χ2v) is 12.8. The van der Waals surface area contributed by atoms with Crippen molar-refractivity contribution in [1.82, 2.24) is 15.0 Å². The number of nitrogens with zero attached hydrogens (tertiary/aromatic N) is 3. The molecule has 0 amide bonds. The van der Waals surface area contributed by atoms with E-state index in [1.165, 1.54) is 44.2 Å². The quantitative estimate of drug-likeness (QED) is 0.189. The molecule has 1 heterocycles. The minimum absolute atomic E-state index is 0.643. The molecule has 0 saturated heterocycles. The van der Waals surface area contributed by atoms with Crippen LogP contribution in [0.4, 0.5) is 0 Å². The van der Waals surface area contributed by atoms with Crippen LogP contribution in [0.3, 0.4) is 0 Å². The molecule has 0 fully saturated rings. The topological polar surface area (TPSA) is 38.7 Å². The fourth-order valence-corrected chi connectivity index (χ4v) is 7.57. The van der Waals surface area contributed by atoms with E-state index in [0.717, 1.165) is 38.6 Å². The molecular formula is C47H29N3. The second kappa shape index (κ2) is 11.5. The Morgan fingerprint density at radius 2 is 0.680 bits per heavy atom. The van der Waals surface area contributed by atoms with Crippen molar-refractivity contribution < 1.29 is 0 Å². The number of hydrogen-bond donors (Lipinski definition) is 0. The van der Waals surface area contributed by atoms with Crippen molar-refractivity contribution in [1.29, 1.82) is 0 Å². The molecule has 0 unspecified atom stereocenters. The smallest absolute Gasteiger partial charge is 0.164 e. The highest BCUT2D eigenvalue weighted by Crippen LogP contribution is 2.50. The van der Waals surface area contributed by atoms with Crippen LogP contribution in [0.2, 0.25) is 0 Å². The Kier molecular flexibility index (Phi) is 6.49. The summed E-state index contributed by atoms with van der Waals surface area (Å²) in [6.45, 7) is 0. The van der Waals surface area contributed by atoms with Gasteiger partial charge in [-0.05, 0) is 78.2 Å². The van der Waals surface area contributed by atoms with Gasteiger partial charge in [-0.25, -0.2) is 15.0 Å². The first kappa shape index (κ1) is 28.3. The number of benzene rings is 8. The molecule has 10 rings (SSSR count). The molecule has 0 atom stereocenters. The fourth-order valence-electron chi connectivity index (χ4n) is 7.57. The van der Waals surface area contributed by atoms with Crippen molar-refractivity contribution in [2.24, 2.45) is 0 Å². The Labute approximate surface area is 290 Å². The summed E-state index contributed by atoms with van der Waals surface area (Å²) in [5, 5.41) is 4.87. The number of fused-ring (bicyclic) bond motifs is 4. The summed E-state index contributed by atoms with van der Waals surface area (Å²) in [6.07, 6.45) is 0. The third-order valence-corrected chi connectivity index (χ3v) is 9.88. The zero-order chi connectivity index (χ0) is 33.0. The molecule has 0 saturated carbocycles. The molecular weight excluding hydrogens is 607 g/mol. The van der Waals surface area contributed by atoms with Crippen LogP contribution in [0.15, 0.2) is 176 Å². The van der Waals surface area contributed by atoms with Gasteiger partial charge in [0.2, 0.25) is 0 Å². The van der Waals surface area contributed by atoms with Gasteiger partial charge < -0.3 is 0 Å². The van der Waals surface area contributed by atoms with Gasteiger partial charge in [0.1, 0.15) is 0 Å². The predicted molar refractivity (Wildman–Crippen MR) is 206 cm³/mol. The van der Waals surface area contributed by atoms with E-state index in [9.17, 15) is 0 Å². The zero-order valence-electron chi connectivity index (χ0n) is 27.1. The molecule has 3 nitrogen and oxygen atoms in total. The van der Waals surface area contributed by atoms with E-state index in [-0.39, 0.29) is 0 Å². The van der Waals surface area contributed by atoms with Crippen molar-refractivity contribution in [2.75, 3.05) is 0 Å². The van der Waals surface area contributed by atoms with E-state index in [1.54, 1.807) is 0 Å². The first-order valence-corrected chi connectivity index (χ1v) is 17.0. The minimum atomic E-state index is 0.643. The molecule has 0 spiro atoms. The van der Waals surface area contributed by atoms with Crippen LogP contribution >= 0.6 is 0 Å². The van der Waals surface area contributed by atoms with Gasteiger partial charge in [0.15, 0.2) is 17.5 Å². The number of aromatic nitrogens is 3. The van der Waals surface area contributed by atoms with Gasteiger partial charge in [-0.3, -0.25) is 0 Å². The molecule has 232 valence electrons. The lowest BCUT2D eigenvalue weighted by Gasteiger charge is -2.18. The summed E-state index contributed by atoms with van der Waals surface area (Å²) in [6, 6.07) is 62.2. The molecule has 8 aromatic carbocycles. The molecule has 1 aliphatic carbocycles. The Bertz CT molecular complexity index is 2660. The Morgan fingerprint density at radius 3 is 1.28 bits per heavy atom. The van der Waals surface area contributed by atoms with E-state index < -0.39 is 0 Å². The van der Waals surface area contributed by atoms with Crippen molar-refractivity contribution in [3.8, 4) is 78.7 Å². The molecule has 0 aliphatic heterocycles. The average molecular weight is 636 g/mol. The van der Waals surface area contributed by atoms with Crippen LogP contribution in [0.1, 0.15) is 0 Å². The third-order valence-electron chi connectivity index (χ3n) is 9.88. The van der Waals surface area contributed by atoms with E-state index in [1.807, 2.05) is 36.4 Å². The maximum Gasteiger partial charge on any atom is 0.164 e. The van der Waals surface area contributed by atoms with Gasteiger partial charge in [-0.1, -0.05) is 164 Å². The number of rotatable bonds is 5. The van der Waals surface area contributed by atoms with Gasteiger partial charge >= 0.3 is 0 Å². The Balaban J connectivity index is 1.24. The van der Waals surface area contributed by atoms with Crippen LogP contribution in [-0.2, 0) is 0 Å². The Hall–Kier alpha value is -6.71. The van der Waals surface area contributed by atoms with Crippen LogP contribution in [0.25, 0.3) is 100 Å². The highest BCUT2D eigenvalue weighted by molar-refractivity contribution is 6.19. The Morgan fingerprint density at radius 1 is 0.260 bits per heavy atom. The largest absolute Gasteiger partial charge is 0.208 e. The zero-order valence-corrected chi connectivity index (χ0v) is 27.1. The molecule has 0 bridgehead atoms. The van der Waals surface area contributed by atoms with E-state index in [0.29, 0.717) is 17.5 Å². The minimum Gasteiger partial charge on any atom is -0.208 e. The van der Waals surface area contributed by atoms with Crippen LogP contribution < -0.4 is 0 Å². The van der Waals surface area contributed by atoms with Crippen LogP contribution in [0, 0.1) is 0 Å². The molecule has 1 aromatic heterocycles. The second-order valence-electron chi connectivity index (χ2n) is 12.8. The van der Waals surface area contributed by atoms with Crippen LogP contribution in [0.5, 0.6) is 0 Å². The van der Waals surface area contributed by atoms with Crippen molar-refractivity contribution in [3.05, 3.63) is 176 Å². The van der Waals surface area contributed by atoms with Crippen molar-refractivity contribution in [3.63, 3.8) is 0 Å². The molecule has 9 aromatic rings. The van der Waals surface area contributed by atoms with Gasteiger partial charge in [0, 0.05) is 16.7 Å². The maximum atomic E-state index is 5.18. The maximum absolute atomic E-state index is 5.18. The molecule has 3 heteroatoms. The van der Waals surface area contributed by atoms with E-state index in [2.05, 4.69) is 140 Å². The van der Waals surface area contributed by atoms with Gasteiger partial charge in [0.25, 0.3) is 0 Å². The lowest BCUT2D eigenvalue weighted by molar-refractivity contribution is 1.07. The lowest BCUT2D eigenvalue weighted by atomic mass is 9.87. The highest BCUT2D eigenvalue weighted by Gasteiger charge is 2.24. The lowest BCUT2D eigenvalue weighted by Crippen LogP contribution is -2.01. The van der Waals surface area contributed by atoms with Gasteiger partial charge in [0.05, 0.1) is 0 Å².